The number of hydrogen-bond acceptors (Lipinski definition) is 1. The molecule has 0 bridgehead atoms. The Kier molecular flexibility index (Phi) is 3.14. The molecular formula is C16H17ClFNO. The minimum absolute atomic E-state index is 0.0480. The van der Waals surface area contributed by atoms with Crippen LogP contribution in [0.5, 0.6) is 0 Å². The largest absolute Gasteiger partial charge is 0.388 e. The van der Waals surface area contributed by atoms with E-state index in [0.717, 1.165) is 29.8 Å². The molecule has 1 N–H and O–H groups in total. The summed E-state index contributed by atoms with van der Waals surface area (Å²) in [7, 11) is 0. The lowest BCUT2D eigenvalue weighted by atomic mass is 9.75. The number of fused-ring (bicyclic) bond motifs is 1. The number of aliphatic hydroxyl groups excluding tert-OH is 1. The molecule has 0 saturated heterocycles. The van der Waals surface area contributed by atoms with Crippen LogP contribution in [-0.4, -0.2) is 9.67 Å². The molecule has 0 saturated carbocycles. The molecule has 0 radical (unpaired) electrons. The van der Waals surface area contributed by atoms with E-state index in [1.54, 1.807) is 12.1 Å². The fourth-order valence-electron chi connectivity index (χ4n) is 3.01. The van der Waals surface area contributed by atoms with E-state index >= 15 is 0 Å². The van der Waals surface area contributed by atoms with Crippen molar-refractivity contribution in [3.05, 3.63) is 52.6 Å². The Bertz CT molecular complexity index is 662. The van der Waals surface area contributed by atoms with Crippen LogP contribution < -0.4 is 0 Å². The van der Waals surface area contributed by atoms with E-state index in [4.69, 9.17) is 11.6 Å². The van der Waals surface area contributed by atoms with Crippen molar-refractivity contribution in [3.63, 3.8) is 0 Å². The molecule has 1 aliphatic carbocycles. The first kappa shape index (κ1) is 13.7. The van der Waals surface area contributed by atoms with Gasteiger partial charge < -0.3 is 9.67 Å². The van der Waals surface area contributed by atoms with E-state index in [1.807, 2.05) is 16.8 Å². The van der Waals surface area contributed by atoms with Crippen LogP contribution in [0.2, 0.25) is 5.02 Å². The Hall–Kier alpha value is -1.32. The monoisotopic (exact) mass is 293 g/mol. The lowest BCUT2D eigenvalue weighted by Gasteiger charge is -2.34. The molecule has 1 unspecified atom stereocenters. The Morgan fingerprint density at radius 3 is 2.80 bits per heavy atom. The Morgan fingerprint density at radius 2 is 2.10 bits per heavy atom. The van der Waals surface area contributed by atoms with Gasteiger partial charge in [0.05, 0.1) is 11.1 Å². The van der Waals surface area contributed by atoms with Crippen molar-refractivity contribution < 1.29 is 9.50 Å². The summed E-state index contributed by atoms with van der Waals surface area (Å²) >= 11 is 5.86. The van der Waals surface area contributed by atoms with Gasteiger partial charge in [0.1, 0.15) is 5.82 Å². The summed E-state index contributed by atoms with van der Waals surface area (Å²) in [6, 6.07) is 6.63. The number of halogens is 2. The second-order valence-electron chi connectivity index (χ2n) is 6.25. The van der Waals surface area contributed by atoms with Crippen molar-refractivity contribution >= 4 is 11.6 Å². The fourth-order valence-corrected chi connectivity index (χ4v) is 3.18. The van der Waals surface area contributed by atoms with Gasteiger partial charge in [0.2, 0.25) is 0 Å². The van der Waals surface area contributed by atoms with Crippen LogP contribution in [0.15, 0.2) is 30.5 Å². The van der Waals surface area contributed by atoms with Gasteiger partial charge in [-0.3, -0.25) is 0 Å². The maximum absolute atomic E-state index is 13.3. The summed E-state index contributed by atoms with van der Waals surface area (Å²) in [5.41, 5.74) is 2.91. The van der Waals surface area contributed by atoms with Gasteiger partial charge in [-0.2, -0.15) is 0 Å². The summed E-state index contributed by atoms with van der Waals surface area (Å²) < 4.78 is 15.3. The van der Waals surface area contributed by atoms with Crippen molar-refractivity contribution in [3.8, 4) is 5.69 Å². The zero-order chi connectivity index (χ0) is 14.5. The predicted molar refractivity (Wildman–Crippen MR) is 77.8 cm³/mol. The topological polar surface area (TPSA) is 25.2 Å². The third kappa shape index (κ3) is 2.25. The Balaban J connectivity index is 2.10. The highest BCUT2D eigenvalue weighted by atomic mass is 35.5. The van der Waals surface area contributed by atoms with Gasteiger partial charge >= 0.3 is 0 Å². The maximum Gasteiger partial charge on any atom is 0.141 e. The summed E-state index contributed by atoms with van der Waals surface area (Å²) in [5, 5.41) is 10.4. The van der Waals surface area contributed by atoms with Crippen LogP contribution in [0.4, 0.5) is 4.39 Å². The fraction of sp³-hybridized carbons (Fsp3) is 0.375. The molecule has 20 heavy (non-hydrogen) atoms. The highest BCUT2D eigenvalue weighted by Gasteiger charge is 2.33. The van der Waals surface area contributed by atoms with Gasteiger partial charge in [-0.25, -0.2) is 4.39 Å². The van der Waals surface area contributed by atoms with Crippen molar-refractivity contribution in [2.45, 2.75) is 32.8 Å². The maximum atomic E-state index is 13.3. The average molecular weight is 294 g/mol. The third-order valence-corrected chi connectivity index (χ3v) is 4.25. The first-order valence-corrected chi connectivity index (χ1v) is 7.09. The SMILES string of the molecule is CC1(C)Cc2c(ccn2-c2ccc(F)c(Cl)c2)C(O)C1. The number of nitrogens with zero attached hydrogens (tertiary/aromatic N) is 1. The number of aromatic nitrogens is 1. The Labute approximate surface area is 122 Å². The summed E-state index contributed by atoms with van der Waals surface area (Å²) in [6.45, 7) is 4.29. The molecule has 3 rings (SSSR count). The lowest BCUT2D eigenvalue weighted by molar-refractivity contribution is 0.0987. The lowest BCUT2D eigenvalue weighted by Crippen LogP contribution is -2.26. The van der Waals surface area contributed by atoms with Crippen molar-refractivity contribution in [1.82, 2.24) is 4.57 Å². The van der Waals surface area contributed by atoms with Crippen LogP contribution in [0.25, 0.3) is 5.69 Å². The average Bonchev–Trinajstić information content (AvgIpc) is 2.75. The molecule has 2 nitrogen and oxygen atoms in total. The summed E-state index contributed by atoms with van der Waals surface area (Å²) in [5.74, 6) is -0.420. The van der Waals surface area contributed by atoms with E-state index in [1.165, 1.54) is 6.07 Å². The van der Waals surface area contributed by atoms with Crippen LogP contribution in [0.1, 0.15) is 37.6 Å². The standard InChI is InChI=1S/C16H17ClFNO/c1-16(2)8-14-11(15(20)9-16)5-6-19(14)10-3-4-13(18)12(17)7-10/h3-7,15,20H,8-9H2,1-2H3. The first-order chi connectivity index (χ1) is 9.37. The molecule has 1 aliphatic rings. The van der Waals surface area contributed by atoms with Gasteiger partial charge in [-0.15, -0.1) is 0 Å². The number of rotatable bonds is 1. The first-order valence-electron chi connectivity index (χ1n) is 6.71. The van der Waals surface area contributed by atoms with Crippen molar-refractivity contribution in [2.24, 2.45) is 5.41 Å². The summed E-state index contributed by atoms with van der Waals surface area (Å²) in [6.07, 6.45) is 3.11. The zero-order valence-corrected chi connectivity index (χ0v) is 12.3. The third-order valence-electron chi connectivity index (χ3n) is 3.96. The molecule has 0 spiro atoms. The van der Waals surface area contributed by atoms with Crippen LogP contribution >= 0.6 is 11.6 Å². The minimum Gasteiger partial charge on any atom is -0.388 e. The molecule has 4 heteroatoms. The number of aliphatic hydroxyl groups is 1. The normalized spacial score (nSPS) is 20.8. The van der Waals surface area contributed by atoms with E-state index in [0.29, 0.717) is 0 Å². The van der Waals surface area contributed by atoms with Crippen molar-refractivity contribution in [1.29, 1.82) is 0 Å². The quantitative estimate of drug-likeness (QED) is 0.834. The zero-order valence-electron chi connectivity index (χ0n) is 11.5. The molecule has 1 atom stereocenters. The second-order valence-corrected chi connectivity index (χ2v) is 6.65. The van der Waals surface area contributed by atoms with Gasteiger partial charge in [0.25, 0.3) is 0 Å². The predicted octanol–water partition coefficient (Wildman–Crippen LogP) is 4.28. The highest BCUT2D eigenvalue weighted by Crippen LogP contribution is 2.41. The smallest absolute Gasteiger partial charge is 0.141 e. The minimum atomic E-state index is -0.439. The molecule has 0 amide bonds. The molecule has 1 heterocycles. The van der Waals surface area contributed by atoms with Gasteiger partial charge in [-0.1, -0.05) is 25.4 Å². The van der Waals surface area contributed by atoms with Gasteiger partial charge in [0, 0.05) is 23.1 Å². The van der Waals surface area contributed by atoms with E-state index in [2.05, 4.69) is 13.8 Å². The van der Waals surface area contributed by atoms with Crippen LogP contribution in [0, 0.1) is 11.2 Å². The van der Waals surface area contributed by atoms with Gasteiger partial charge in [-0.05, 0) is 42.5 Å². The molecule has 106 valence electrons. The Morgan fingerprint density at radius 1 is 1.35 bits per heavy atom. The van der Waals surface area contributed by atoms with Gasteiger partial charge in [0.15, 0.2) is 0 Å². The number of hydrogen-bond donors (Lipinski definition) is 1. The molecular weight excluding hydrogens is 277 g/mol. The van der Waals surface area contributed by atoms with E-state index in [-0.39, 0.29) is 10.4 Å². The molecule has 0 aliphatic heterocycles. The molecule has 1 aromatic heterocycles. The highest BCUT2D eigenvalue weighted by molar-refractivity contribution is 6.30. The van der Waals surface area contributed by atoms with Crippen LogP contribution in [0.3, 0.4) is 0 Å². The molecule has 1 aromatic carbocycles. The molecule has 0 fully saturated rings. The number of benzene rings is 1. The van der Waals surface area contributed by atoms with Crippen molar-refractivity contribution in [2.75, 3.05) is 0 Å². The van der Waals surface area contributed by atoms with E-state index in [9.17, 15) is 9.50 Å². The molecule has 2 aromatic rings. The van der Waals surface area contributed by atoms with Crippen LogP contribution in [-0.2, 0) is 6.42 Å². The second kappa shape index (κ2) is 4.61. The van der Waals surface area contributed by atoms with E-state index < -0.39 is 11.9 Å². The summed E-state index contributed by atoms with van der Waals surface area (Å²) in [4.78, 5) is 0.